The van der Waals surface area contributed by atoms with Crippen LogP contribution in [0.25, 0.3) is 10.9 Å². The molecule has 0 spiro atoms. The Labute approximate surface area is 166 Å². The summed E-state index contributed by atoms with van der Waals surface area (Å²) in [7, 11) is 0. The Kier molecular flexibility index (Phi) is 6.26. The van der Waals surface area contributed by atoms with E-state index in [0.717, 1.165) is 10.5 Å². The van der Waals surface area contributed by atoms with Crippen molar-refractivity contribution in [1.29, 1.82) is 0 Å². The van der Waals surface area contributed by atoms with E-state index in [1.54, 1.807) is 36.0 Å². The molecule has 144 valence electrons. The molecule has 0 radical (unpaired) electrons. The van der Waals surface area contributed by atoms with Crippen LogP contribution in [0.4, 0.5) is 0 Å². The molecule has 0 bridgehead atoms. The average molecular weight is 396 g/mol. The van der Waals surface area contributed by atoms with Gasteiger partial charge in [0.1, 0.15) is 0 Å². The first-order chi connectivity index (χ1) is 13.5. The Bertz CT molecular complexity index is 1070. The summed E-state index contributed by atoms with van der Waals surface area (Å²) in [5, 5.41) is 0.514. The summed E-state index contributed by atoms with van der Waals surface area (Å²) in [6, 6.07) is 12.5. The van der Waals surface area contributed by atoms with Gasteiger partial charge in [0.05, 0.1) is 23.7 Å². The highest BCUT2D eigenvalue weighted by molar-refractivity contribution is 7.98. The normalized spacial score (nSPS) is 10.8. The monoisotopic (exact) mass is 396 g/mol. The van der Waals surface area contributed by atoms with Crippen molar-refractivity contribution in [3.05, 3.63) is 70.3 Å². The zero-order valence-electron chi connectivity index (χ0n) is 15.7. The minimum Gasteiger partial charge on any atom is -0.457 e. The molecular formula is C21H20N2O4S. The lowest BCUT2D eigenvalue weighted by molar-refractivity contribution is -0.142. The third kappa shape index (κ3) is 4.48. The fourth-order valence-corrected chi connectivity index (χ4v) is 3.20. The predicted octanol–water partition coefficient (Wildman–Crippen LogP) is 3.24. The quantitative estimate of drug-likeness (QED) is 0.347. The Balaban J connectivity index is 1.57. The first-order valence-corrected chi connectivity index (χ1v) is 9.99. The van der Waals surface area contributed by atoms with Crippen LogP contribution >= 0.6 is 11.8 Å². The van der Waals surface area contributed by atoms with Gasteiger partial charge in [0.25, 0.3) is 5.56 Å². The molecule has 0 fully saturated rings. The number of aryl methyl sites for hydroxylation is 2. The van der Waals surface area contributed by atoms with Crippen LogP contribution in [0.1, 0.15) is 22.3 Å². The SMILES string of the molecule is CSc1ccc(C(=O)COC(=O)CCn2cnc3c(C)cccc3c2=O)cc1. The molecule has 0 aliphatic rings. The van der Waals surface area contributed by atoms with E-state index in [1.165, 1.54) is 10.9 Å². The van der Waals surface area contributed by atoms with Gasteiger partial charge in [-0.2, -0.15) is 0 Å². The van der Waals surface area contributed by atoms with Crippen molar-refractivity contribution in [1.82, 2.24) is 9.55 Å². The molecule has 3 rings (SSSR count). The molecule has 7 heteroatoms. The number of nitrogens with zero attached hydrogens (tertiary/aromatic N) is 2. The van der Waals surface area contributed by atoms with Crippen LogP contribution in [0, 0.1) is 6.92 Å². The van der Waals surface area contributed by atoms with Crippen LogP contribution in [0.2, 0.25) is 0 Å². The van der Waals surface area contributed by atoms with Gasteiger partial charge in [0, 0.05) is 17.0 Å². The van der Waals surface area contributed by atoms with Gasteiger partial charge in [0.2, 0.25) is 0 Å². The van der Waals surface area contributed by atoms with E-state index in [2.05, 4.69) is 4.98 Å². The molecule has 0 N–H and O–H groups in total. The number of carbonyl (C=O) groups is 2. The number of hydrogen-bond acceptors (Lipinski definition) is 6. The van der Waals surface area contributed by atoms with E-state index >= 15 is 0 Å². The van der Waals surface area contributed by atoms with Gasteiger partial charge in [0.15, 0.2) is 12.4 Å². The summed E-state index contributed by atoms with van der Waals surface area (Å²) in [5.74, 6) is -0.800. The van der Waals surface area contributed by atoms with E-state index in [4.69, 9.17) is 4.74 Å². The summed E-state index contributed by atoms with van der Waals surface area (Å²) in [4.78, 5) is 41.9. The van der Waals surface area contributed by atoms with Crippen LogP contribution in [0.5, 0.6) is 0 Å². The van der Waals surface area contributed by atoms with E-state index in [1.807, 2.05) is 31.4 Å². The van der Waals surface area contributed by atoms with Crippen LogP contribution in [0.3, 0.4) is 0 Å². The number of esters is 1. The van der Waals surface area contributed by atoms with Crippen LogP contribution in [-0.2, 0) is 16.1 Å². The van der Waals surface area contributed by atoms with Crippen LogP contribution in [-0.4, -0.2) is 34.2 Å². The summed E-state index contributed by atoms with van der Waals surface area (Å²) in [6.07, 6.45) is 3.37. The lowest BCUT2D eigenvalue weighted by Gasteiger charge is -2.08. The molecule has 0 aliphatic heterocycles. The van der Waals surface area contributed by atoms with Crippen molar-refractivity contribution in [2.45, 2.75) is 24.8 Å². The second-order valence-electron chi connectivity index (χ2n) is 6.28. The number of thioether (sulfide) groups is 1. The second kappa shape index (κ2) is 8.84. The third-order valence-electron chi connectivity index (χ3n) is 4.39. The second-order valence-corrected chi connectivity index (χ2v) is 7.16. The molecule has 3 aromatic rings. The van der Waals surface area contributed by atoms with Crippen molar-refractivity contribution < 1.29 is 14.3 Å². The number of aromatic nitrogens is 2. The number of carbonyl (C=O) groups excluding carboxylic acids is 2. The highest BCUT2D eigenvalue weighted by atomic mass is 32.2. The minimum absolute atomic E-state index is 0.0163. The number of ether oxygens (including phenoxy) is 1. The Hall–Kier alpha value is -2.93. The highest BCUT2D eigenvalue weighted by Crippen LogP contribution is 2.15. The van der Waals surface area contributed by atoms with Gasteiger partial charge >= 0.3 is 5.97 Å². The molecule has 1 heterocycles. The number of Topliss-reactive ketones (excluding diaryl/α,β-unsaturated/α-hetero) is 1. The maximum absolute atomic E-state index is 12.5. The summed E-state index contributed by atoms with van der Waals surface area (Å²) in [6.45, 7) is 1.72. The first-order valence-electron chi connectivity index (χ1n) is 8.77. The van der Waals surface area contributed by atoms with Gasteiger partial charge in [-0.3, -0.25) is 19.0 Å². The summed E-state index contributed by atoms with van der Waals surface area (Å²) >= 11 is 1.58. The zero-order chi connectivity index (χ0) is 20.1. The fraction of sp³-hybridized carbons (Fsp3) is 0.238. The van der Waals surface area contributed by atoms with Crippen molar-refractivity contribution in [3.63, 3.8) is 0 Å². The molecule has 1 aromatic heterocycles. The van der Waals surface area contributed by atoms with Crippen molar-refractivity contribution in [3.8, 4) is 0 Å². The van der Waals surface area contributed by atoms with Gasteiger partial charge in [-0.25, -0.2) is 4.98 Å². The van der Waals surface area contributed by atoms with Crippen LogP contribution < -0.4 is 5.56 Å². The largest absolute Gasteiger partial charge is 0.457 e. The van der Waals surface area contributed by atoms with Crippen LogP contribution in [0.15, 0.2) is 58.5 Å². The first kappa shape index (κ1) is 19.8. The predicted molar refractivity (Wildman–Crippen MR) is 109 cm³/mol. The number of rotatable bonds is 7. The molecule has 0 amide bonds. The Morgan fingerprint density at radius 2 is 1.89 bits per heavy atom. The molecule has 6 nitrogen and oxygen atoms in total. The van der Waals surface area contributed by atoms with Crippen molar-refractivity contribution in [2.75, 3.05) is 12.9 Å². The summed E-state index contributed by atoms with van der Waals surface area (Å²) < 4.78 is 6.43. The number of hydrogen-bond donors (Lipinski definition) is 0. The number of ketones is 1. The zero-order valence-corrected chi connectivity index (χ0v) is 16.5. The number of fused-ring (bicyclic) bond motifs is 1. The molecular weight excluding hydrogens is 376 g/mol. The lowest BCUT2D eigenvalue weighted by Crippen LogP contribution is -2.23. The van der Waals surface area contributed by atoms with E-state index in [-0.39, 0.29) is 30.9 Å². The Morgan fingerprint density at radius 1 is 1.14 bits per heavy atom. The highest BCUT2D eigenvalue weighted by Gasteiger charge is 2.12. The third-order valence-corrected chi connectivity index (χ3v) is 5.13. The maximum Gasteiger partial charge on any atom is 0.308 e. The van der Waals surface area contributed by atoms with Crippen molar-refractivity contribution >= 4 is 34.4 Å². The fourth-order valence-electron chi connectivity index (χ4n) is 2.79. The maximum atomic E-state index is 12.5. The smallest absolute Gasteiger partial charge is 0.308 e. The average Bonchev–Trinajstić information content (AvgIpc) is 2.72. The van der Waals surface area contributed by atoms with Gasteiger partial charge in [-0.15, -0.1) is 11.8 Å². The molecule has 2 aromatic carbocycles. The van der Waals surface area contributed by atoms with E-state index < -0.39 is 5.97 Å². The molecule has 28 heavy (non-hydrogen) atoms. The molecule has 0 saturated carbocycles. The van der Waals surface area contributed by atoms with Gasteiger partial charge in [-0.05, 0) is 36.9 Å². The van der Waals surface area contributed by atoms with Gasteiger partial charge in [-0.1, -0.05) is 24.3 Å². The van der Waals surface area contributed by atoms with Gasteiger partial charge < -0.3 is 4.74 Å². The Morgan fingerprint density at radius 3 is 2.61 bits per heavy atom. The minimum atomic E-state index is -0.537. The topological polar surface area (TPSA) is 78.3 Å². The summed E-state index contributed by atoms with van der Waals surface area (Å²) in [5.41, 5.74) is 1.87. The molecule has 0 saturated heterocycles. The number of benzene rings is 2. The molecule has 0 unspecified atom stereocenters. The van der Waals surface area contributed by atoms with Crippen molar-refractivity contribution in [2.24, 2.45) is 0 Å². The van der Waals surface area contributed by atoms with E-state index in [0.29, 0.717) is 16.5 Å². The molecule has 0 atom stereocenters. The standard InChI is InChI=1S/C21H20N2O4S/c1-14-4-3-5-17-20(14)22-13-23(21(17)26)11-10-19(25)27-12-18(24)15-6-8-16(28-2)9-7-15/h3-9,13H,10-12H2,1-2H3. The molecule has 0 aliphatic carbocycles. The van der Waals surface area contributed by atoms with E-state index in [9.17, 15) is 14.4 Å². The lowest BCUT2D eigenvalue weighted by atomic mass is 10.1. The number of para-hydroxylation sites is 1.